The Labute approximate surface area is 198 Å². The molecule has 3 heterocycles. The summed E-state index contributed by atoms with van der Waals surface area (Å²) in [6.45, 7) is -0.478. The Morgan fingerprint density at radius 1 is 1.24 bits per heavy atom. The number of methoxy groups -OCH3 is 1. The predicted molar refractivity (Wildman–Crippen MR) is 124 cm³/mol. The number of fused-ring (bicyclic) bond motifs is 1. The third-order valence-corrected chi connectivity index (χ3v) is 5.34. The molecular weight excluding hydrogens is 422 g/mol. The van der Waals surface area contributed by atoms with Gasteiger partial charge in [-0.2, -0.15) is 15.2 Å². The number of aromatic nitrogens is 6. The lowest BCUT2D eigenvalue weighted by molar-refractivity contribution is 0.0963. The molecule has 1 saturated carbocycles. The third-order valence-electron chi connectivity index (χ3n) is 5.34. The van der Waals surface area contributed by atoms with Crippen molar-refractivity contribution in [3.05, 3.63) is 42.5 Å². The standard InChI is InChI=1S/C22H25N9O2/c1-4-30-18-13(9-25-30)5-8-17(19(18)33-3)28-20-16(21(32)23-2)11-24-22(29-20)27-14-10-26-31(12-14)15-6-7-15/h5,8-12,15H,4,6-7H2,1-3H3,(H,23,32)(H2,24,27,28,29)/i2D3,3D3. The van der Waals surface area contributed by atoms with Crippen LogP contribution in [-0.2, 0) is 6.54 Å². The molecule has 1 fully saturated rings. The average molecular weight is 454 g/mol. The van der Waals surface area contributed by atoms with Gasteiger partial charge in [0.05, 0.1) is 41.0 Å². The molecule has 11 heteroatoms. The summed E-state index contributed by atoms with van der Waals surface area (Å²) >= 11 is 0. The van der Waals surface area contributed by atoms with E-state index >= 15 is 0 Å². The predicted octanol–water partition coefficient (Wildman–Crippen LogP) is 3.23. The van der Waals surface area contributed by atoms with Crippen LogP contribution in [0.25, 0.3) is 10.9 Å². The summed E-state index contributed by atoms with van der Waals surface area (Å²) in [5, 5.41) is 17.1. The van der Waals surface area contributed by atoms with Crippen molar-refractivity contribution in [2.75, 3.05) is 24.6 Å². The first kappa shape index (κ1) is 14.8. The van der Waals surface area contributed by atoms with Gasteiger partial charge < -0.3 is 20.7 Å². The van der Waals surface area contributed by atoms with E-state index in [2.05, 4.69) is 30.8 Å². The van der Waals surface area contributed by atoms with Gasteiger partial charge in [-0.3, -0.25) is 14.2 Å². The largest absolute Gasteiger partial charge is 0.492 e. The fourth-order valence-electron chi connectivity index (χ4n) is 3.56. The Morgan fingerprint density at radius 2 is 2.15 bits per heavy atom. The highest BCUT2D eigenvalue weighted by Crippen LogP contribution is 2.36. The molecule has 1 aliphatic carbocycles. The zero-order chi connectivity index (χ0) is 27.9. The number of aryl methyl sites for hydroxylation is 1. The number of hydrogen-bond donors (Lipinski definition) is 3. The molecule has 3 aromatic heterocycles. The molecule has 0 radical (unpaired) electrons. The van der Waals surface area contributed by atoms with Crippen molar-refractivity contribution in [2.24, 2.45) is 0 Å². The Bertz CT molecular complexity index is 1520. The van der Waals surface area contributed by atoms with Crippen molar-refractivity contribution in [3.63, 3.8) is 0 Å². The van der Waals surface area contributed by atoms with Crippen LogP contribution in [0.1, 0.15) is 44.4 Å². The van der Waals surface area contributed by atoms with Crippen LogP contribution in [0.2, 0.25) is 0 Å². The van der Waals surface area contributed by atoms with E-state index in [0.717, 1.165) is 12.8 Å². The van der Waals surface area contributed by atoms with Gasteiger partial charge in [0.2, 0.25) is 5.95 Å². The van der Waals surface area contributed by atoms with E-state index in [1.54, 1.807) is 29.2 Å². The molecule has 11 nitrogen and oxygen atoms in total. The molecule has 0 bridgehead atoms. The molecule has 1 amide bonds. The molecule has 0 saturated heterocycles. The Kier molecular flexibility index (Phi) is 3.78. The van der Waals surface area contributed by atoms with Crippen LogP contribution >= 0.6 is 0 Å². The van der Waals surface area contributed by atoms with E-state index in [1.807, 2.05) is 23.1 Å². The van der Waals surface area contributed by atoms with Gasteiger partial charge in [-0.1, -0.05) is 0 Å². The minimum atomic E-state index is -2.80. The highest BCUT2D eigenvalue weighted by atomic mass is 16.5. The smallest absolute Gasteiger partial charge is 0.256 e. The molecule has 0 atom stereocenters. The first-order chi connectivity index (χ1) is 18.4. The van der Waals surface area contributed by atoms with Crippen LogP contribution in [0.15, 0.2) is 36.9 Å². The van der Waals surface area contributed by atoms with Crippen molar-refractivity contribution in [3.8, 4) is 5.75 Å². The maximum absolute atomic E-state index is 12.9. The number of nitrogens with zero attached hydrogens (tertiary/aromatic N) is 6. The summed E-state index contributed by atoms with van der Waals surface area (Å²) in [7, 11) is -2.80. The van der Waals surface area contributed by atoms with Crippen molar-refractivity contribution in [2.45, 2.75) is 32.4 Å². The molecule has 1 aromatic carbocycles. The lowest BCUT2D eigenvalue weighted by Crippen LogP contribution is -2.20. The minimum Gasteiger partial charge on any atom is -0.492 e. The van der Waals surface area contributed by atoms with Crippen molar-refractivity contribution in [1.29, 1.82) is 0 Å². The number of hydrogen-bond acceptors (Lipinski definition) is 8. The van der Waals surface area contributed by atoms with Crippen LogP contribution in [0, 0.1) is 0 Å². The fraction of sp³-hybridized carbons (Fsp3) is 0.318. The molecule has 3 N–H and O–H groups in total. The maximum atomic E-state index is 12.9. The number of nitrogens with one attached hydrogen (secondary N) is 3. The quantitative estimate of drug-likeness (QED) is 0.371. The number of amides is 1. The van der Waals surface area contributed by atoms with Gasteiger partial charge in [-0.25, -0.2) is 4.98 Å². The first-order valence-corrected chi connectivity index (χ1v) is 10.4. The molecule has 33 heavy (non-hydrogen) atoms. The van der Waals surface area contributed by atoms with Crippen LogP contribution in [0.5, 0.6) is 5.75 Å². The van der Waals surface area contributed by atoms with Gasteiger partial charge in [0.1, 0.15) is 16.9 Å². The second-order valence-electron chi connectivity index (χ2n) is 7.54. The first-order valence-electron chi connectivity index (χ1n) is 13.4. The molecule has 1 aliphatic rings. The molecule has 0 unspecified atom stereocenters. The number of benzene rings is 1. The Morgan fingerprint density at radius 3 is 2.94 bits per heavy atom. The molecule has 0 spiro atoms. The van der Waals surface area contributed by atoms with Crippen LogP contribution in [-0.4, -0.2) is 49.4 Å². The molecule has 4 aromatic rings. The van der Waals surface area contributed by atoms with E-state index in [0.29, 0.717) is 29.2 Å². The minimum absolute atomic E-state index is 0.0344. The topological polar surface area (TPSA) is 124 Å². The summed E-state index contributed by atoms with van der Waals surface area (Å²) in [5.74, 6) is -0.978. The van der Waals surface area contributed by atoms with Crippen molar-refractivity contribution >= 4 is 40.0 Å². The summed E-state index contributed by atoms with van der Waals surface area (Å²) in [6.07, 6.45) is 8.29. The lowest BCUT2D eigenvalue weighted by Gasteiger charge is -2.15. The maximum Gasteiger partial charge on any atom is 0.256 e. The van der Waals surface area contributed by atoms with Gasteiger partial charge in [0.25, 0.3) is 5.91 Å². The van der Waals surface area contributed by atoms with E-state index in [-0.39, 0.29) is 28.8 Å². The molecule has 0 aliphatic heterocycles. The van der Waals surface area contributed by atoms with E-state index < -0.39 is 19.9 Å². The summed E-state index contributed by atoms with van der Waals surface area (Å²) in [4.78, 5) is 21.4. The average Bonchev–Trinajstić information content (AvgIpc) is 3.43. The van der Waals surface area contributed by atoms with E-state index in [4.69, 9.17) is 13.0 Å². The highest BCUT2D eigenvalue weighted by Gasteiger charge is 2.24. The SMILES string of the molecule is [2H]C([2H])([2H])NC(=O)c1cnc(Nc2cnn(C3CC3)c2)nc1Nc1ccc2cnn(CC)c2c1OC([2H])([2H])[2H]. The summed E-state index contributed by atoms with van der Waals surface area (Å²) < 4.78 is 54.1. The Balaban J connectivity index is 1.56. The van der Waals surface area contributed by atoms with Crippen LogP contribution in [0.3, 0.4) is 0 Å². The highest BCUT2D eigenvalue weighted by molar-refractivity contribution is 6.00. The number of rotatable bonds is 8. The van der Waals surface area contributed by atoms with Gasteiger partial charge >= 0.3 is 0 Å². The molecule has 5 rings (SSSR count). The molecule has 170 valence electrons. The number of carbonyl (C=O) groups excluding carboxylic acids is 1. The van der Waals surface area contributed by atoms with Gasteiger partial charge in [-0.15, -0.1) is 0 Å². The Hall–Kier alpha value is -4.15. The van der Waals surface area contributed by atoms with Crippen molar-refractivity contribution in [1.82, 2.24) is 34.8 Å². The lowest BCUT2D eigenvalue weighted by atomic mass is 10.2. The van der Waals surface area contributed by atoms with Gasteiger partial charge in [0.15, 0.2) is 5.75 Å². The second-order valence-corrected chi connectivity index (χ2v) is 7.54. The van der Waals surface area contributed by atoms with Gasteiger partial charge in [-0.05, 0) is 31.9 Å². The number of ether oxygens (including phenoxy) is 1. The second kappa shape index (κ2) is 8.41. The zero-order valence-corrected chi connectivity index (χ0v) is 17.7. The monoisotopic (exact) mass is 453 g/mol. The summed E-state index contributed by atoms with van der Waals surface area (Å²) in [5.41, 5.74) is 1.02. The van der Waals surface area contributed by atoms with E-state index in [9.17, 15) is 4.79 Å². The number of anilines is 4. The number of carbonyl (C=O) groups is 1. The zero-order valence-electron chi connectivity index (χ0n) is 23.7. The van der Waals surface area contributed by atoms with Crippen molar-refractivity contribution < 1.29 is 17.8 Å². The third kappa shape index (κ3) is 3.93. The summed E-state index contributed by atoms with van der Waals surface area (Å²) in [6, 6.07) is 3.64. The molecular formula is C22H25N9O2. The van der Waals surface area contributed by atoms with Gasteiger partial charge in [0, 0.05) is 35.4 Å². The van der Waals surface area contributed by atoms with Crippen LogP contribution in [0.4, 0.5) is 23.1 Å². The fourth-order valence-corrected chi connectivity index (χ4v) is 3.56. The normalized spacial score (nSPS) is 16.6. The van der Waals surface area contributed by atoms with E-state index in [1.165, 1.54) is 6.20 Å². The van der Waals surface area contributed by atoms with Crippen LogP contribution < -0.4 is 20.7 Å².